The zero-order valence-electron chi connectivity index (χ0n) is 12.4. The van der Waals surface area contributed by atoms with Gasteiger partial charge in [-0.2, -0.15) is 0 Å². The molecule has 0 fully saturated rings. The van der Waals surface area contributed by atoms with Gasteiger partial charge in [-0.1, -0.05) is 36.5 Å². The first-order chi connectivity index (χ1) is 9.86. The molecule has 0 aliphatic rings. The van der Waals surface area contributed by atoms with Gasteiger partial charge in [-0.05, 0) is 38.0 Å². The number of rotatable bonds is 7. The molecule has 1 rings (SSSR count). The largest absolute Gasteiger partial charge is 0.369 e. The van der Waals surface area contributed by atoms with Crippen LogP contribution in [0.1, 0.15) is 45.2 Å². The van der Waals surface area contributed by atoms with Gasteiger partial charge in [0.1, 0.15) is 11.9 Å². The van der Waals surface area contributed by atoms with Gasteiger partial charge < -0.3 is 10.1 Å². The molecule has 1 aromatic rings. The summed E-state index contributed by atoms with van der Waals surface area (Å²) in [7, 11) is 0. The number of nitrogens with one attached hydrogen (secondary N) is 1. The lowest BCUT2D eigenvalue weighted by Gasteiger charge is -2.19. The van der Waals surface area contributed by atoms with Crippen molar-refractivity contribution >= 4 is 29.1 Å². The molecule has 0 aliphatic heterocycles. The lowest BCUT2D eigenvalue weighted by Crippen LogP contribution is -2.36. The second kappa shape index (κ2) is 8.57. The number of halogens is 3. The molecule has 0 radical (unpaired) electrons. The first-order valence-corrected chi connectivity index (χ1v) is 7.68. The summed E-state index contributed by atoms with van der Waals surface area (Å²) >= 11 is 11.7. The van der Waals surface area contributed by atoms with E-state index in [0.29, 0.717) is 17.2 Å². The summed E-state index contributed by atoms with van der Waals surface area (Å²) in [6.45, 7) is 6.00. The SMILES string of the molecule is CCCCOC(C)C(=O)NC(C)c1cc(F)c(Cl)cc1Cl. The minimum Gasteiger partial charge on any atom is -0.369 e. The van der Waals surface area contributed by atoms with E-state index in [1.165, 1.54) is 12.1 Å². The Morgan fingerprint density at radius 2 is 2.00 bits per heavy atom. The Morgan fingerprint density at radius 1 is 1.33 bits per heavy atom. The maximum absolute atomic E-state index is 13.5. The predicted octanol–water partition coefficient (Wildman–Crippen LogP) is 4.51. The van der Waals surface area contributed by atoms with Crippen LogP contribution in [0.2, 0.25) is 10.0 Å². The van der Waals surface area contributed by atoms with Crippen molar-refractivity contribution in [2.24, 2.45) is 0 Å². The van der Waals surface area contributed by atoms with Crippen LogP contribution in [0.5, 0.6) is 0 Å². The number of hydrogen-bond donors (Lipinski definition) is 1. The second-order valence-corrected chi connectivity index (χ2v) is 5.70. The lowest BCUT2D eigenvalue weighted by molar-refractivity contribution is -0.132. The molecule has 2 unspecified atom stereocenters. The highest BCUT2D eigenvalue weighted by molar-refractivity contribution is 6.35. The first-order valence-electron chi connectivity index (χ1n) is 6.93. The Bertz CT molecular complexity index is 497. The fourth-order valence-electron chi connectivity index (χ4n) is 1.76. The fourth-order valence-corrected chi connectivity index (χ4v) is 2.31. The molecule has 6 heteroatoms. The number of unbranched alkanes of at least 4 members (excludes halogenated alkanes) is 1. The van der Waals surface area contributed by atoms with E-state index in [1.807, 2.05) is 6.92 Å². The van der Waals surface area contributed by atoms with Crippen LogP contribution in [-0.4, -0.2) is 18.6 Å². The van der Waals surface area contributed by atoms with Crippen molar-refractivity contribution in [3.8, 4) is 0 Å². The quantitative estimate of drug-likeness (QED) is 0.587. The minimum atomic E-state index is -0.565. The molecule has 0 spiro atoms. The second-order valence-electron chi connectivity index (χ2n) is 4.88. The van der Waals surface area contributed by atoms with E-state index in [2.05, 4.69) is 5.32 Å². The van der Waals surface area contributed by atoms with Crippen LogP contribution in [0, 0.1) is 5.82 Å². The maximum atomic E-state index is 13.5. The Balaban J connectivity index is 2.66. The Hall–Kier alpha value is -0.840. The summed E-state index contributed by atoms with van der Waals surface area (Å²) in [5.41, 5.74) is 0.479. The third-order valence-electron chi connectivity index (χ3n) is 3.10. The summed E-state index contributed by atoms with van der Waals surface area (Å²) in [5, 5.41) is 3.02. The Kier molecular flexibility index (Phi) is 7.43. The Morgan fingerprint density at radius 3 is 2.62 bits per heavy atom. The zero-order chi connectivity index (χ0) is 16.0. The highest BCUT2D eigenvalue weighted by atomic mass is 35.5. The molecule has 0 aliphatic carbocycles. The predicted molar refractivity (Wildman–Crippen MR) is 83.3 cm³/mol. The number of amides is 1. The smallest absolute Gasteiger partial charge is 0.249 e. The monoisotopic (exact) mass is 335 g/mol. The Labute approximate surface area is 134 Å². The number of carbonyl (C=O) groups excluding carboxylic acids is 1. The molecule has 3 nitrogen and oxygen atoms in total. The molecule has 2 atom stereocenters. The van der Waals surface area contributed by atoms with E-state index in [1.54, 1.807) is 13.8 Å². The van der Waals surface area contributed by atoms with Crippen molar-refractivity contribution < 1.29 is 13.9 Å². The third kappa shape index (κ3) is 5.46. The van der Waals surface area contributed by atoms with Gasteiger partial charge in [0, 0.05) is 11.6 Å². The van der Waals surface area contributed by atoms with Crippen molar-refractivity contribution in [3.05, 3.63) is 33.6 Å². The van der Waals surface area contributed by atoms with Crippen molar-refractivity contribution in [2.75, 3.05) is 6.61 Å². The number of ether oxygens (including phenoxy) is 1. The molecule has 1 amide bonds. The van der Waals surface area contributed by atoms with Crippen LogP contribution in [-0.2, 0) is 9.53 Å². The molecule has 21 heavy (non-hydrogen) atoms. The maximum Gasteiger partial charge on any atom is 0.249 e. The normalized spacial score (nSPS) is 13.8. The first kappa shape index (κ1) is 18.2. The van der Waals surface area contributed by atoms with Crippen LogP contribution in [0.25, 0.3) is 0 Å². The summed E-state index contributed by atoms with van der Waals surface area (Å²) < 4.78 is 18.9. The highest BCUT2D eigenvalue weighted by Crippen LogP contribution is 2.28. The van der Waals surface area contributed by atoms with Crippen LogP contribution >= 0.6 is 23.2 Å². The number of benzene rings is 1. The van der Waals surface area contributed by atoms with Gasteiger partial charge in [0.05, 0.1) is 11.1 Å². The standard InChI is InChI=1S/C15H20Cl2FNO2/c1-4-5-6-21-10(3)15(20)19-9(2)11-7-14(18)13(17)8-12(11)16/h7-10H,4-6H2,1-3H3,(H,19,20). The van der Waals surface area contributed by atoms with Gasteiger partial charge in [0.2, 0.25) is 5.91 Å². The summed E-state index contributed by atoms with van der Waals surface area (Å²) in [4.78, 5) is 12.0. The number of hydrogen-bond acceptors (Lipinski definition) is 2. The topological polar surface area (TPSA) is 38.3 Å². The minimum absolute atomic E-state index is 0.0430. The summed E-state index contributed by atoms with van der Waals surface area (Å²) in [6, 6.07) is 2.13. The molecule has 0 bridgehead atoms. The summed E-state index contributed by atoms with van der Waals surface area (Å²) in [6.07, 6.45) is 1.35. The third-order valence-corrected chi connectivity index (χ3v) is 3.72. The van der Waals surface area contributed by atoms with Gasteiger partial charge in [-0.25, -0.2) is 4.39 Å². The molecule has 0 saturated carbocycles. The molecule has 0 saturated heterocycles. The van der Waals surface area contributed by atoms with Crippen LogP contribution in [0.4, 0.5) is 4.39 Å². The van der Waals surface area contributed by atoms with Crippen molar-refractivity contribution in [1.29, 1.82) is 0 Å². The number of carbonyl (C=O) groups is 1. The van der Waals surface area contributed by atoms with E-state index < -0.39 is 18.0 Å². The molecule has 0 heterocycles. The van der Waals surface area contributed by atoms with Crippen LogP contribution < -0.4 is 5.32 Å². The van der Waals surface area contributed by atoms with Crippen LogP contribution in [0.3, 0.4) is 0 Å². The van der Waals surface area contributed by atoms with Gasteiger partial charge in [-0.3, -0.25) is 4.79 Å². The van der Waals surface area contributed by atoms with E-state index in [0.717, 1.165) is 12.8 Å². The van der Waals surface area contributed by atoms with Crippen molar-refractivity contribution in [3.63, 3.8) is 0 Å². The molecule has 1 N–H and O–H groups in total. The van der Waals surface area contributed by atoms with E-state index >= 15 is 0 Å². The average Bonchev–Trinajstić information content (AvgIpc) is 2.42. The van der Waals surface area contributed by atoms with E-state index in [9.17, 15) is 9.18 Å². The van der Waals surface area contributed by atoms with Crippen LogP contribution in [0.15, 0.2) is 12.1 Å². The van der Waals surface area contributed by atoms with Gasteiger partial charge in [-0.15, -0.1) is 0 Å². The van der Waals surface area contributed by atoms with Gasteiger partial charge in [0.25, 0.3) is 0 Å². The lowest BCUT2D eigenvalue weighted by atomic mass is 10.1. The van der Waals surface area contributed by atoms with E-state index in [4.69, 9.17) is 27.9 Å². The van der Waals surface area contributed by atoms with Crippen molar-refractivity contribution in [1.82, 2.24) is 5.32 Å². The van der Waals surface area contributed by atoms with E-state index in [-0.39, 0.29) is 10.9 Å². The highest BCUT2D eigenvalue weighted by Gasteiger charge is 2.19. The molecule has 118 valence electrons. The van der Waals surface area contributed by atoms with Gasteiger partial charge >= 0.3 is 0 Å². The fraction of sp³-hybridized carbons (Fsp3) is 0.533. The molecular formula is C15H20Cl2FNO2. The molecule has 1 aromatic carbocycles. The average molecular weight is 336 g/mol. The summed E-state index contributed by atoms with van der Waals surface area (Å²) in [5.74, 6) is -0.825. The van der Waals surface area contributed by atoms with Gasteiger partial charge in [0.15, 0.2) is 0 Å². The molecule has 0 aromatic heterocycles. The molecular weight excluding hydrogens is 316 g/mol. The van der Waals surface area contributed by atoms with Crippen molar-refractivity contribution in [2.45, 2.75) is 45.8 Å². The zero-order valence-corrected chi connectivity index (χ0v) is 13.9.